The molecule has 0 spiro atoms. The van der Waals surface area contributed by atoms with E-state index in [4.69, 9.17) is 4.74 Å². The summed E-state index contributed by atoms with van der Waals surface area (Å²) >= 11 is 0. The molecule has 0 aromatic heterocycles. The Labute approximate surface area is 188 Å². The van der Waals surface area contributed by atoms with Gasteiger partial charge in [0.2, 0.25) is 0 Å². The molecule has 1 fully saturated rings. The van der Waals surface area contributed by atoms with Crippen molar-refractivity contribution >= 4 is 0 Å². The minimum Gasteiger partial charge on any atom is -0.373 e. The second-order valence-corrected chi connectivity index (χ2v) is 8.76. The van der Waals surface area contributed by atoms with Crippen molar-refractivity contribution in [3.8, 4) is 11.1 Å². The van der Waals surface area contributed by atoms with Gasteiger partial charge in [0.1, 0.15) is 5.82 Å². The second-order valence-electron chi connectivity index (χ2n) is 8.76. The van der Waals surface area contributed by atoms with E-state index in [0.29, 0.717) is 22.3 Å². The number of aryl methyl sites for hydroxylation is 2. The third kappa shape index (κ3) is 4.91. The molecule has 4 rings (SSSR count). The molecule has 1 nitrogen and oxygen atoms in total. The van der Waals surface area contributed by atoms with E-state index < -0.39 is 11.6 Å². The van der Waals surface area contributed by atoms with E-state index in [9.17, 15) is 13.2 Å². The molecule has 4 heteroatoms. The average Bonchev–Trinajstić information content (AvgIpc) is 2.81. The first-order valence-electron chi connectivity index (χ1n) is 11.4. The van der Waals surface area contributed by atoms with Crippen LogP contribution in [0.4, 0.5) is 13.2 Å². The molecule has 1 aliphatic carbocycles. The zero-order chi connectivity index (χ0) is 22.7. The molecule has 3 aromatic rings. The van der Waals surface area contributed by atoms with Gasteiger partial charge in [0, 0.05) is 11.1 Å². The van der Waals surface area contributed by atoms with Crippen LogP contribution in [0.15, 0.2) is 54.6 Å². The molecule has 3 aromatic carbocycles. The lowest BCUT2D eigenvalue weighted by Gasteiger charge is -2.29. The second kappa shape index (κ2) is 9.91. The van der Waals surface area contributed by atoms with Crippen molar-refractivity contribution in [1.82, 2.24) is 0 Å². The van der Waals surface area contributed by atoms with Crippen molar-refractivity contribution < 1.29 is 17.9 Å². The zero-order valence-electron chi connectivity index (χ0n) is 18.6. The average molecular weight is 439 g/mol. The van der Waals surface area contributed by atoms with Crippen molar-refractivity contribution in [2.24, 2.45) is 0 Å². The molecule has 1 aliphatic rings. The maximum atomic E-state index is 14.9. The molecule has 168 valence electrons. The predicted octanol–water partition coefficient (Wildman–Crippen LogP) is 7.88. The van der Waals surface area contributed by atoms with E-state index in [1.807, 2.05) is 44.2 Å². The van der Waals surface area contributed by atoms with Gasteiger partial charge in [0.05, 0.1) is 12.7 Å². The summed E-state index contributed by atoms with van der Waals surface area (Å²) in [4.78, 5) is 0. The van der Waals surface area contributed by atoms with Gasteiger partial charge in [-0.05, 0) is 67.7 Å². The van der Waals surface area contributed by atoms with E-state index in [1.54, 1.807) is 24.3 Å². The zero-order valence-corrected chi connectivity index (χ0v) is 18.6. The Morgan fingerprint density at radius 1 is 0.844 bits per heavy atom. The van der Waals surface area contributed by atoms with Gasteiger partial charge < -0.3 is 4.74 Å². The SMILES string of the molecule is CCc1ccc(COC2CCC(c3ccc(-c4ccc(C)cc4)c(F)c3F)CC2)c(F)c1. The van der Waals surface area contributed by atoms with Crippen molar-refractivity contribution in [1.29, 1.82) is 0 Å². The number of halogens is 3. The van der Waals surface area contributed by atoms with Crippen LogP contribution < -0.4 is 0 Å². The molecule has 32 heavy (non-hydrogen) atoms. The standard InChI is InChI=1S/C28H29F3O/c1-3-19-6-9-22(26(29)16-19)17-32-23-12-10-21(11-13-23)25-15-14-24(27(30)28(25)31)20-7-4-18(2)5-8-20/h4-9,14-16,21,23H,3,10-13,17H2,1-2H3. The van der Waals surface area contributed by atoms with Gasteiger partial charge in [0.15, 0.2) is 11.6 Å². The Bertz CT molecular complexity index is 1070. The number of hydrogen-bond acceptors (Lipinski definition) is 1. The summed E-state index contributed by atoms with van der Waals surface area (Å²) in [5, 5.41) is 0. The summed E-state index contributed by atoms with van der Waals surface area (Å²) in [7, 11) is 0. The lowest BCUT2D eigenvalue weighted by molar-refractivity contribution is 0.0119. The number of ether oxygens (including phenoxy) is 1. The van der Waals surface area contributed by atoms with E-state index >= 15 is 0 Å². The van der Waals surface area contributed by atoms with Crippen LogP contribution in [0.1, 0.15) is 60.8 Å². The van der Waals surface area contributed by atoms with Crippen molar-refractivity contribution in [3.63, 3.8) is 0 Å². The van der Waals surface area contributed by atoms with Crippen LogP contribution in [0.3, 0.4) is 0 Å². The molecule has 0 unspecified atom stereocenters. The number of hydrogen-bond donors (Lipinski definition) is 0. The number of benzene rings is 3. The largest absolute Gasteiger partial charge is 0.373 e. The summed E-state index contributed by atoms with van der Waals surface area (Å²) in [5.74, 6) is -1.79. The molecule has 0 heterocycles. The first-order valence-corrected chi connectivity index (χ1v) is 11.4. The molecular formula is C28H29F3O. The van der Waals surface area contributed by atoms with Gasteiger partial charge >= 0.3 is 0 Å². The van der Waals surface area contributed by atoms with Crippen molar-refractivity contribution in [2.45, 2.75) is 64.6 Å². The van der Waals surface area contributed by atoms with Gasteiger partial charge in [-0.3, -0.25) is 0 Å². The van der Waals surface area contributed by atoms with Gasteiger partial charge in [0.25, 0.3) is 0 Å². The Hall–Kier alpha value is -2.59. The highest BCUT2D eigenvalue weighted by atomic mass is 19.2. The van der Waals surface area contributed by atoms with Gasteiger partial charge in [-0.1, -0.05) is 61.0 Å². The molecule has 0 amide bonds. The third-order valence-corrected chi connectivity index (χ3v) is 6.59. The highest BCUT2D eigenvalue weighted by Gasteiger charge is 2.27. The Morgan fingerprint density at radius 3 is 2.22 bits per heavy atom. The first kappa shape index (κ1) is 22.6. The maximum Gasteiger partial charge on any atom is 0.166 e. The highest BCUT2D eigenvalue weighted by Crippen LogP contribution is 2.38. The minimum atomic E-state index is -0.782. The molecular weight excluding hydrogens is 409 g/mol. The molecule has 0 saturated heterocycles. The highest BCUT2D eigenvalue weighted by molar-refractivity contribution is 5.65. The summed E-state index contributed by atoms with van der Waals surface area (Å²) in [6.07, 6.45) is 3.76. The van der Waals surface area contributed by atoms with Crippen LogP contribution in [-0.2, 0) is 17.8 Å². The fourth-order valence-corrected chi connectivity index (χ4v) is 4.51. The van der Waals surface area contributed by atoms with Crippen LogP contribution in [0.5, 0.6) is 0 Å². The van der Waals surface area contributed by atoms with Crippen LogP contribution in [0.25, 0.3) is 11.1 Å². The maximum absolute atomic E-state index is 14.9. The first-order chi connectivity index (χ1) is 15.5. The summed E-state index contributed by atoms with van der Waals surface area (Å²) in [5.41, 5.74) is 4.01. The monoisotopic (exact) mass is 438 g/mol. The normalized spacial score (nSPS) is 18.7. The van der Waals surface area contributed by atoms with E-state index in [0.717, 1.165) is 43.2 Å². The lowest BCUT2D eigenvalue weighted by atomic mass is 9.82. The van der Waals surface area contributed by atoms with E-state index in [2.05, 4.69) is 0 Å². The summed E-state index contributed by atoms with van der Waals surface area (Å²) in [6.45, 7) is 4.19. The van der Waals surface area contributed by atoms with Gasteiger partial charge in [-0.2, -0.15) is 0 Å². The van der Waals surface area contributed by atoms with Gasteiger partial charge in [-0.15, -0.1) is 0 Å². The predicted molar refractivity (Wildman–Crippen MR) is 122 cm³/mol. The topological polar surface area (TPSA) is 9.23 Å². The van der Waals surface area contributed by atoms with E-state index in [1.165, 1.54) is 0 Å². The summed E-state index contributed by atoms with van der Waals surface area (Å²) in [6, 6.07) is 16.1. The Kier molecular flexibility index (Phi) is 7.00. The molecule has 0 bridgehead atoms. The Balaban J connectivity index is 1.38. The van der Waals surface area contributed by atoms with Crippen LogP contribution >= 0.6 is 0 Å². The molecule has 0 atom stereocenters. The smallest absolute Gasteiger partial charge is 0.166 e. The Morgan fingerprint density at radius 2 is 1.56 bits per heavy atom. The summed E-state index contributed by atoms with van der Waals surface area (Å²) < 4.78 is 49.9. The molecule has 1 saturated carbocycles. The third-order valence-electron chi connectivity index (χ3n) is 6.59. The molecule has 0 radical (unpaired) electrons. The van der Waals surface area contributed by atoms with E-state index in [-0.39, 0.29) is 24.4 Å². The van der Waals surface area contributed by atoms with Crippen molar-refractivity contribution in [2.75, 3.05) is 0 Å². The number of rotatable bonds is 6. The van der Waals surface area contributed by atoms with Crippen LogP contribution in [0, 0.1) is 24.4 Å². The quantitative estimate of drug-likeness (QED) is 0.380. The lowest BCUT2D eigenvalue weighted by Crippen LogP contribution is -2.21. The molecule has 0 aliphatic heterocycles. The minimum absolute atomic E-state index is 0.0104. The fourth-order valence-electron chi connectivity index (χ4n) is 4.51. The van der Waals surface area contributed by atoms with Crippen LogP contribution in [0.2, 0.25) is 0 Å². The molecule has 0 N–H and O–H groups in total. The van der Waals surface area contributed by atoms with Crippen molar-refractivity contribution in [3.05, 3.63) is 94.3 Å². The fraction of sp³-hybridized carbons (Fsp3) is 0.357. The van der Waals surface area contributed by atoms with Gasteiger partial charge in [-0.25, -0.2) is 13.2 Å². The van der Waals surface area contributed by atoms with Crippen LogP contribution in [-0.4, -0.2) is 6.10 Å².